The number of aliphatic hydroxyl groups is 1. The Labute approximate surface area is 96.2 Å². The summed E-state index contributed by atoms with van der Waals surface area (Å²) in [5.74, 6) is 1.26. The van der Waals surface area contributed by atoms with E-state index in [9.17, 15) is 5.11 Å². The second-order valence-corrected chi connectivity index (χ2v) is 4.58. The Morgan fingerprint density at radius 1 is 1.44 bits per heavy atom. The minimum Gasteiger partial charge on any atom is -0.496 e. The van der Waals surface area contributed by atoms with Crippen LogP contribution >= 0.6 is 0 Å². The fourth-order valence-corrected chi connectivity index (χ4v) is 2.04. The smallest absolute Gasteiger partial charge is 0.121 e. The quantitative estimate of drug-likeness (QED) is 0.814. The van der Waals surface area contributed by atoms with E-state index in [0.29, 0.717) is 5.92 Å². The molecule has 0 radical (unpaired) electrons. The van der Waals surface area contributed by atoms with Crippen LogP contribution in [0.2, 0.25) is 0 Å². The van der Waals surface area contributed by atoms with Gasteiger partial charge in [-0.2, -0.15) is 0 Å². The highest BCUT2D eigenvalue weighted by Crippen LogP contribution is 2.37. The van der Waals surface area contributed by atoms with Crippen LogP contribution in [-0.4, -0.2) is 18.3 Å². The average molecular weight is 221 g/mol. The molecule has 1 aliphatic rings. The van der Waals surface area contributed by atoms with Crippen molar-refractivity contribution in [3.05, 3.63) is 29.3 Å². The summed E-state index contributed by atoms with van der Waals surface area (Å²) in [6, 6.07) is 5.55. The molecule has 3 heteroatoms. The number of nitrogens with two attached hydrogens (primary N) is 1. The molecule has 88 valence electrons. The first-order chi connectivity index (χ1) is 7.63. The van der Waals surface area contributed by atoms with Gasteiger partial charge in [0.1, 0.15) is 5.75 Å². The third-order valence-corrected chi connectivity index (χ3v) is 3.28. The number of aliphatic hydroxyl groups excluding tert-OH is 1. The first-order valence-corrected chi connectivity index (χ1v) is 5.71. The molecule has 3 N–H and O–H groups in total. The Morgan fingerprint density at radius 2 is 2.12 bits per heavy atom. The number of aryl methyl sites for hydroxylation is 1. The number of rotatable bonds is 4. The standard InChI is InChI=1S/C13H19NO2/c1-8-7-10(5-6-11(8)16-2)12(14)13(15)9-3-4-9/h5-7,9,12-13,15H,3-4,14H2,1-2H3/t12-,13+/m0/s1. The van der Waals surface area contributed by atoms with E-state index in [-0.39, 0.29) is 6.04 Å². The summed E-state index contributed by atoms with van der Waals surface area (Å²) in [5, 5.41) is 9.97. The van der Waals surface area contributed by atoms with Gasteiger partial charge in [-0.1, -0.05) is 12.1 Å². The Hall–Kier alpha value is -1.06. The first-order valence-electron chi connectivity index (χ1n) is 5.71. The number of benzene rings is 1. The van der Waals surface area contributed by atoms with Crippen molar-refractivity contribution in [3.63, 3.8) is 0 Å². The maximum Gasteiger partial charge on any atom is 0.121 e. The number of hydrogen-bond donors (Lipinski definition) is 2. The molecule has 16 heavy (non-hydrogen) atoms. The first kappa shape index (κ1) is 11.4. The zero-order valence-corrected chi connectivity index (χ0v) is 9.81. The average Bonchev–Trinajstić information content (AvgIpc) is 3.11. The van der Waals surface area contributed by atoms with Gasteiger partial charge < -0.3 is 15.6 Å². The van der Waals surface area contributed by atoms with Crippen molar-refractivity contribution < 1.29 is 9.84 Å². The summed E-state index contributed by atoms with van der Waals surface area (Å²) >= 11 is 0. The van der Waals surface area contributed by atoms with Crippen LogP contribution in [0.5, 0.6) is 5.75 Å². The highest BCUT2D eigenvalue weighted by atomic mass is 16.5. The van der Waals surface area contributed by atoms with Gasteiger partial charge in [0.25, 0.3) is 0 Å². The second kappa shape index (κ2) is 4.44. The molecule has 0 spiro atoms. The molecule has 0 aromatic heterocycles. The Bertz CT molecular complexity index is 374. The molecular formula is C13H19NO2. The molecule has 1 aromatic carbocycles. The minimum absolute atomic E-state index is 0.280. The van der Waals surface area contributed by atoms with E-state index < -0.39 is 6.10 Å². The lowest BCUT2D eigenvalue weighted by Crippen LogP contribution is -2.27. The molecule has 3 nitrogen and oxygen atoms in total. The van der Waals surface area contributed by atoms with Crippen LogP contribution in [0, 0.1) is 12.8 Å². The summed E-state index contributed by atoms with van der Waals surface area (Å²) < 4.78 is 5.20. The van der Waals surface area contributed by atoms with Crippen LogP contribution in [0.1, 0.15) is 30.0 Å². The highest BCUT2D eigenvalue weighted by molar-refractivity contribution is 5.37. The summed E-state index contributed by atoms with van der Waals surface area (Å²) in [5.41, 5.74) is 8.09. The molecule has 1 fully saturated rings. The molecule has 0 heterocycles. The molecule has 0 aliphatic heterocycles. The molecule has 2 atom stereocenters. The van der Waals surface area contributed by atoms with Crippen molar-refractivity contribution in [3.8, 4) is 5.75 Å². The Kier molecular flexibility index (Phi) is 3.17. The van der Waals surface area contributed by atoms with Gasteiger partial charge in [-0.25, -0.2) is 0 Å². The van der Waals surface area contributed by atoms with Gasteiger partial charge in [0, 0.05) is 0 Å². The van der Waals surface area contributed by atoms with E-state index >= 15 is 0 Å². The molecule has 0 saturated heterocycles. The summed E-state index contributed by atoms with van der Waals surface area (Å²) in [6.45, 7) is 1.98. The fourth-order valence-electron chi connectivity index (χ4n) is 2.04. The van der Waals surface area contributed by atoms with Crippen LogP contribution in [0.3, 0.4) is 0 Å². The van der Waals surface area contributed by atoms with Crippen LogP contribution in [0.4, 0.5) is 0 Å². The van der Waals surface area contributed by atoms with Gasteiger partial charge in [-0.15, -0.1) is 0 Å². The predicted molar refractivity (Wildman–Crippen MR) is 63.4 cm³/mol. The topological polar surface area (TPSA) is 55.5 Å². The summed E-state index contributed by atoms with van der Waals surface area (Å²) in [6.07, 6.45) is 1.79. The van der Waals surface area contributed by atoms with Crippen LogP contribution < -0.4 is 10.5 Å². The van der Waals surface area contributed by atoms with Gasteiger partial charge in [-0.05, 0) is 42.9 Å². The van der Waals surface area contributed by atoms with Crippen LogP contribution in [-0.2, 0) is 0 Å². The number of hydrogen-bond acceptors (Lipinski definition) is 3. The van der Waals surface area contributed by atoms with Crippen molar-refractivity contribution in [2.75, 3.05) is 7.11 Å². The molecular weight excluding hydrogens is 202 g/mol. The summed E-state index contributed by atoms with van der Waals surface area (Å²) in [7, 11) is 1.65. The largest absolute Gasteiger partial charge is 0.496 e. The molecule has 1 aromatic rings. The van der Waals surface area contributed by atoms with Crippen molar-refractivity contribution >= 4 is 0 Å². The van der Waals surface area contributed by atoms with Crippen LogP contribution in [0.25, 0.3) is 0 Å². The number of methoxy groups -OCH3 is 1. The summed E-state index contributed by atoms with van der Waals surface area (Å²) in [4.78, 5) is 0. The predicted octanol–water partition coefficient (Wildman–Crippen LogP) is 1.77. The van der Waals surface area contributed by atoms with Crippen molar-refractivity contribution in [1.29, 1.82) is 0 Å². The van der Waals surface area contributed by atoms with Crippen LogP contribution in [0.15, 0.2) is 18.2 Å². The molecule has 0 bridgehead atoms. The van der Waals surface area contributed by atoms with E-state index in [2.05, 4.69) is 0 Å². The maximum absolute atomic E-state index is 9.97. The van der Waals surface area contributed by atoms with Crippen molar-refractivity contribution in [1.82, 2.24) is 0 Å². The molecule has 0 amide bonds. The molecule has 0 unspecified atom stereocenters. The van der Waals surface area contributed by atoms with Gasteiger partial charge in [0.05, 0.1) is 19.3 Å². The van der Waals surface area contributed by atoms with E-state index in [1.165, 1.54) is 0 Å². The van der Waals surface area contributed by atoms with Crippen molar-refractivity contribution in [2.24, 2.45) is 11.7 Å². The lowest BCUT2D eigenvalue weighted by Gasteiger charge is -2.19. The Morgan fingerprint density at radius 3 is 2.62 bits per heavy atom. The second-order valence-electron chi connectivity index (χ2n) is 4.58. The van der Waals surface area contributed by atoms with Gasteiger partial charge >= 0.3 is 0 Å². The Balaban J connectivity index is 2.16. The van der Waals surface area contributed by atoms with E-state index in [1.54, 1.807) is 7.11 Å². The van der Waals surface area contributed by atoms with E-state index in [4.69, 9.17) is 10.5 Å². The van der Waals surface area contributed by atoms with Gasteiger partial charge in [0.15, 0.2) is 0 Å². The molecule has 1 aliphatic carbocycles. The third kappa shape index (κ3) is 2.20. The normalized spacial score (nSPS) is 19.2. The SMILES string of the molecule is COc1ccc([C@H](N)[C@H](O)C2CC2)cc1C. The molecule has 1 saturated carbocycles. The zero-order chi connectivity index (χ0) is 11.7. The van der Waals surface area contributed by atoms with Gasteiger partial charge in [0.2, 0.25) is 0 Å². The van der Waals surface area contributed by atoms with E-state index in [0.717, 1.165) is 29.7 Å². The van der Waals surface area contributed by atoms with E-state index in [1.807, 2.05) is 25.1 Å². The third-order valence-electron chi connectivity index (χ3n) is 3.28. The minimum atomic E-state index is -0.409. The monoisotopic (exact) mass is 221 g/mol. The fraction of sp³-hybridized carbons (Fsp3) is 0.538. The highest BCUT2D eigenvalue weighted by Gasteiger charge is 2.34. The maximum atomic E-state index is 9.97. The molecule has 2 rings (SSSR count). The lowest BCUT2D eigenvalue weighted by atomic mass is 9.97. The zero-order valence-electron chi connectivity index (χ0n) is 9.81. The lowest BCUT2D eigenvalue weighted by molar-refractivity contribution is 0.122. The number of ether oxygens (including phenoxy) is 1. The van der Waals surface area contributed by atoms with Crippen molar-refractivity contribution in [2.45, 2.75) is 31.9 Å². The van der Waals surface area contributed by atoms with Gasteiger partial charge in [-0.3, -0.25) is 0 Å².